The predicted octanol–water partition coefficient (Wildman–Crippen LogP) is 3.41. The molecule has 2 atom stereocenters. The molecule has 2 amide bonds. The maximum atomic E-state index is 13.4. The van der Waals surface area contributed by atoms with Crippen molar-refractivity contribution in [3.8, 4) is 5.75 Å². The molecule has 1 saturated heterocycles. The number of para-hydroxylation sites is 1. The van der Waals surface area contributed by atoms with E-state index in [1.165, 1.54) is 0 Å². The molecule has 0 aliphatic carbocycles. The summed E-state index contributed by atoms with van der Waals surface area (Å²) in [6.45, 7) is 5.15. The Labute approximate surface area is 182 Å². The number of H-pyrrole nitrogens is 1. The van der Waals surface area contributed by atoms with Gasteiger partial charge in [0.15, 0.2) is 5.69 Å². The molecule has 1 aromatic heterocycles. The van der Waals surface area contributed by atoms with Gasteiger partial charge in [-0.15, -0.1) is 0 Å². The zero-order chi connectivity index (χ0) is 21.8. The topological polar surface area (TPSA) is 87.3 Å². The Kier molecular flexibility index (Phi) is 6.39. The third-order valence-electron chi connectivity index (χ3n) is 6.24. The summed E-state index contributed by atoms with van der Waals surface area (Å²) in [4.78, 5) is 28.4. The molecule has 3 heterocycles. The van der Waals surface area contributed by atoms with Gasteiger partial charge in [0.05, 0.1) is 18.2 Å². The molecular weight excluding hydrogens is 392 g/mol. The van der Waals surface area contributed by atoms with Gasteiger partial charge >= 0.3 is 0 Å². The molecule has 1 fully saturated rings. The molecule has 2 N–H and O–H groups in total. The van der Waals surface area contributed by atoms with Gasteiger partial charge in [-0.3, -0.25) is 14.7 Å². The number of benzene rings is 1. The number of fused-ring (bicyclic) bond motifs is 2. The first-order chi connectivity index (χ1) is 15.1. The number of piperidine rings is 1. The van der Waals surface area contributed by atoms with Crippen LogP contribution in [0.4, 0.5) is 0 Å². The van der Waals surface area contributed by atoms with Crippen LogP contribution >= 0.6 is 0 Å². The minimum Gasteiger partial charge on any atom is -0.492 e. The lowest BCUT2D eigenvalue weighted by molar-refractivity contribution is 0.0525. The summed E-state index contributed by atoms with van der Waals surface area (Å²) >= 11 is 0. The van der Waals surface area contributed by atoms with Crippen molar-refractivity contribution in [1.29, 1.82) is 0 Å². The van der Waals surface area contributed by atoms with Crippen LogP contribution in [0.25, 0.3) is 0 Å². The molecule has 0 radical (unpaired) electrons. The predicted molar refractivity (Wildman–Crippen MR) is 118 cm³/mol. The molecule has 31 heavy (non-hydrogen) atoms. The zero-order valence-corrected chi connectivity index (χ0v) is 18.2. The van der Waals surface area contributed by atoms with Crippen LogP contribution in [-0.4, -0.2) is 52.1 Å². The number of nitrogens with zero attached hydrogens (tertiary/aromatic N) is 2. The monoisotopic (exact) mass is 422 g/mol. The molecule has 164 valence electrons. The minimum absolute atomic E-state index is 0.0679. The van der Waals surface area contributed by atoms with Gasteiger partial charge < -0.3 is 15.0 Å². The van der Waals surface area contributed by atoms with E-state index < -0.39 is 0 Å². The average Bonchev–Trinajstić information content (AvgIpc) is 3.16. The van der Waals surface area contributed by atoms with Crippen molar-refractivity contribution in [1.82, 2.24) is 20.4 Å². The van der Waals surface area contributed by atoms with Crippen LogP contribution in [0.3, 0.4) is 0 Å². The van der Waals surface area contributed by atoms with Crippen LogP contribution in [0.2, 0.25) is 0 Å². The number of ether oxygens (including phenoxy) is 1. The summed E-state index contributed by atoms with van der Waals surface area (Å²) < 4.78 is 5.82. The van der Waals surface area contributed by atoms with Crippen LogP contribution in [-0.2, 0) is 6.42 Å². The third kappa shape index (κ3) is 4.36. The fourth-order valence-electron chi connectivity index (χ4n) is 4.51. The average molecular weight is 423 g/mol. The van der Waals surface area contributed by atoms with Gasteiger partial charge in [-0.05, 0) is 51.2 Å². The third-order valence-corrected chi connectivity index (χ3v) is 6.24. The summed E-state index contributed by atoms with van der Waals surface area (Å²) in [6, 6.07) is 7.07. The molecular formula is C24H30N4O3. The van der Waals surface area contributed by atoms with E-state index in [9.17, 15) is 9.59 Å². The van der Waals surface area contributed by atoms with E-state index in [4.69, 9.17) is 4.74 Å². The van der Waals surface area contributed by atoms with E-state index in [-0.39, 0.29) is 23.9 Å². The Balaban J connectivity index is 1.63. The Morgan fingerprint density at radius 2 is 2.13 bits per heavy atom. The minimum atomic E-state index is -0.159. The Hall–Kier alpha value is -3.09. The number of hydrogen-bond donors (Lipinski definition) is 2. The van der Waals surface area contributed by atoms with E-state index in [2.05, 4.69) is 27.7 Å². The first-order valence-corrected chi connectivity index (χ1v) is 11.1. The number of amides is 2. The van der Waals surface area contributed by atoms with Crippen molar-refractivity contribution in [2.75, 3.05) is 13.2 Å². The number of nitrogens with one attached hydrogen (secondary N) is 2. The molecule has 2 aromatic rings. The first kappa shape index (κ1) is 21.2. The van der Waals surface area contributed by atoms with E-state index in [1.807, 2.05) is 36.9 Å². The van der Waals surface area contributed by atoms with E-state index >= 15 is 0 Å². The molecule has 2 aliphatic rings. The van der Waals surface area contributed by atoms with Crippen LogP contribution < -0.4 is 10.1 Å². The van der Waals surface area contributed by atoms with Crippen LogP contribution in [0.5, 0.6) is 5.75 Å². The summed E-state index contributed by atoms with van der Waals surface area (Å²) in [5.41, 5.74) is 2.91. The second-order valence-electron chi connectivity index (χ2n) is 8.16. The molecule has 7 heteroatoms. The maximum Gasteiger partial charge on any atom is 0.274 e. The normalized spacial score (nSPS) is 22.8. The lowest BCUT2D eigenvalue weighted by Crippen LogP contribution is -2.57. The molecule has 7 nitrogen and oxygen atoms in total. The fraction of sp³-hybridized carbons (Fsp3) is 0.458. The number of aromatic amines is 1. The van der Waals surface area contributed by atoms with Gasteiger partial charge in [0.2, 0.25) is 0 Å². The molecule has 1 aromatic carbocycles. The van der Waals surface area contributed by atoms with Gasteiger partial charge in [0, 0.05) is 23.8 Å². The summed E-state index contributed by atoms with van der Waals surface area (Å²) in [7, 11) is 0. The Morgan fingerprint density at radius 1 is 1.29 bits per heavy atom. The standard InChI is InChI=1S/C24H30N4O3/c1-3-18-16(2)22(27-26-18)24(30)28-14-9-11-19-20(28)12-5-4-8-15-31-21-13-7-6-10-17(21)23(29)25-19/h4-7,10,13,19-20H,3,8-9,11-12,14-15H2,1-2H3,(H,25,29)(H,26,27)/b5-4+/t19-,20-/m0/s1. The van der Waals surface area contributed by atoms with E-state index in [0.717, 1.165) is 36.9 Å². The quantitative estimate of drug-likeness (QED) is 0.726. The van der Waals surface area contributed by atoms with Crippen LogP contribution in [0, 0.1) is 6.92 Å². The van der Waals surface area contributed by atoms with Crippen molar-refractivity contribution in [3.05, 3.63) is 58.9 Å². The van der Waals surface area contributed by atoms with Crippen molar-refractivity contribution in [2.24, 2.45) is 0 Å². The molecule has 4 rings (SSSR count). The van der Waals surface area contributed by atoms with Gasteiger partial charge in [0.1, 0.15) is 5.75 Å². The van der Waals surface area contributed by atoms with Gasteiger partial charge in [-0.2, -0.15) is 5.10 Å². The van der Waals surface area contributed by atoms with E-state index in [1.54, 1.807) is 6.07 Å². The Bertz CT molecular complexity index is 981. The van der Waals surface area contributed by atoms with Crippen molar-refractivity contribution >= 4 is 11.8 Å². The van der Waals surface area contributed by atoms with E-state index in [0.29, 0.717) is 36.6 Å². The summed E-state index contributed by atoms with van der Waals surface area (Å²) in [5, 5.41) is 10.5. The highest BCUT2D eigenvalue weighted by Crippen LogP contribution is 2.26. The number of rotatable bonds is 2. The molecule has 0 bridgehead atoms. The molecule has 2 aliphatic heterocycles. The summed E-state index contributed by atoms with van der Waals surface area (Å²) in [5.74, 6) is 0.365. The highest BCUT2D eigenvalue weighted by molar-refractivity contribution is 5.97. The molecule has 0 saturated carbocycles. The highest BCUT2D eigenvalue weighted by atomic mass is 16.5. The van der Waals surface area contributed by atoms with Gasteiger partial charge in [-0.25, -0.2) is 0 Å². The van der Waals surface area contributed by atoms with Crippen molar-refractivity contribution in [3.63, 3.8) is 0 Å². The first-order valence-electron chi connectivity index (χ1n) is 11.1. The largest absolute Gasteiger partial charge is 0.492 e. The fourth-order valence-corrected chi connectivity index (χ4v) is 4.51. The number of carbonyl (C=O) groups excluding carboxylic acids is 2. The number of hydrogen-bond acceptors (Lipinski definition) is 4. The smallest absolute Gasteiger partial charge is 0.274 e. The maximum absolute atomic E-state index is 13.4. The van der Waals surface area contributed by atoms with Crippen molar-refractivity contribution in [2.45, 2.75) is 58.0 Å². The number of aryl methyl sites for hydroxylation is 1. The highest BCUT2D eigenvalue weighted by Gasteiger charge is 2.36. The zero-order valence-electron chi connectivity index (χ0n) is 18.2. The summed E-state index contributed by atoms with van der Waals surface area (Å²) in [6.07, 6.45) is 8.09. The van der Waals surface area contributed by atoms with Crippen LogP contribution in [0.1, 0.15) is 64.7 Å². The second-order valence-corrected chi connectivity index (χ2v) is 8.16. The number of likely N-dealkylation sites (tertiary alicyclic amines) is 1. The Morgan fingerprint density at radius 3 is 2.94 bits per heavy atom. The number of carbonyl (C=O) groups is 2. The molecule has 0 unspecified atom stereocenters. The van der Waals surface area contributed by atoms with Gasteiger partial charge in [-0.1, -0.05) is 31.2 Å². The lowest BCUT2D eigenvalue weighted by atomic mass is 9.92. The number of aromatic nitrogens is 2. The van der Waals surface area contributed by atoms with Crippen LogP contribution in [0.15, 0.2) is 36.4 Å². The molecule has 0 spiro atoms. The van der Waals surface area contributed by atoms with Gasteiger partial charge in [0.25, 0.3) is 11.8 Å². The second kappa shape index (κ2) is 9.37. The van der Waals surface area contributed by atoms with Crippen molar-refractivity contribution < 1.29 is 14.3 Å². The lowest BCUT2D eigenvalue weighted by Gasteiger charge is -2.41. The SMILES string of the molecule is CCc1[nH]nc(C(=O)N2CCC[C@@H]3NC(=O)c4ccccc4OCC/C=C/C[C@@H]32)c1C.